The number of fused-ring (bicyclic) bond motifs is 5. The van der Waals surface area contributed by atoms with E-state index < -0.39 is 141 Å². The fraction of sp³-hybridized carbons (Fsp3) is 0.569. The Bertz CT molecular complexity index is 2580. The number of hydrogen-bond acceptors (Lipinski definition) is 13. The summed E-state index contributed by atoms with van der Waals surface area (Å²) in [6, 6.07) is 13.3. The molecule has 1 heterocycles. The van der Waals surface area contributed by atoms with Gasteiger partial charge in [0, 0.05) is 49.5 Å². The van der Waals surface area contributed by atoms with E-state index in [2.05, 4.69) is 5.32 Å². The first-order chi connectivity index (χ1) is 35.1. The van der Waals surface area contributed by atoms with Gasteiger partial charge in [0.05, 0.1) is 29.5 Å². The van der Waals surface area contributed by atoms with Gasteiger partial charge in [-0.2, -0.15) is 0 Å². The van der Waals surface area contributed by atoms with E-state index in [-0.39, 0.29) is 29.1 Å². The second kappa shape index (κ2) is 19.1. The van der Waals surface area contributed by atoms with Crippen LogP contribution in [-0.4, -0.2) is 96.9 Å². The molecule has 1 aliphatic heterocycles. The Kier molecular flexibility index (Phi) is 11.3. The van der Waals surface area contributed by atoms with E-state index in [1.165, 1.54) is 50.3 Å². The van der Waals surface area contributed by atoms with Crippen LogP contribution in [0.15, 0.2) is 84.1 Å². The van der Waals surface area contributed by atoms with Crippen molar-refractivity contribution in [2.24, 2.45) is 22.7 Å². The molecular formula is C51H68N2O13Si. The number of ether oxygens (including phenoxy) is 5. The lowest BCUT2D eigenvalue weighted by Crippen LogP contribution is -2.79. The summed E-state index contributed by atoms with van der Waals surface area (Å²) in [5.74, 6) is -7.79. The Labute approximate surface area is 407 Å². The van der Waals surface area contributed by atoms with Gasteiger partial charge in [-0.1, -0.05) is 95.3 Å². The minimum atomic E-state index is -3.85. The average molecular weight is 954 g/mol. The van der Waals surface area contributed by atoms with Crippen LogP contribution in [0.3, 0.4) is 0 Å². The zero-order valence-electron chi connectivity index (χ0n) is 48.4. The summed E-state index contributed by atoms with van der Waals surface area (Å²) < 4.78 is 111. The predicted octanol–water partition coefficient (Wildman–Crippen LogP) is 7.44. The molecule has 2 aromatic rings. The number of allylic oxidation sites excluding steroid dienone is 1. The monoisotopic (exact) mass is 954 g/mol. The third-order valence-corrected chi connectivity index (χ3v) is 19.2. The highest BCUT2D eigenvalue weighted by atomic mass is 28.4. The Morgan fingerprint density at radius 3 is 2.07 bits per heavy atom. The van der Waals surface area contributed by atoms with Gasteiger partial charge < -0.3 is 43.9 Å². The van der Waals surface area contributed by atoms with E-state index in [9.17, 15) is 24.3 Å². The number of aliphatic hydroxyl groups is 1. The molecule has 1 saturated carbocycles. The second-order valence-corrected chi connectivity index (χ2v) is 23.6. The maximum atomic E-state index is 15.7. The summed E-state index contributed by atoms with van der Waals surface area (Å²) >= 11 is 0. The Morgan fingerprint density at radius 2 is 1.54 bits per heavy atom. The molecule has 6 rings (SSSR count). The zero-order chi connectivity index (χ0) is 57.0. The number of carbonyl (C=O) groups is 6. The van der Waals surface area contributed by atoms with Gasteiger partial charge in [-0.05, 0) is 75.8 Å². The molecule has 15 nitrogen and oxygen atoms in total. The molecule has 10 atom stereocenters. The summed E-state index contributed by atoms with van der Waals surface area (Å²) in [6.45, 7) is 2.03. The minimum absolute atomic E-state index is 0.0459. The van der Waals surface area contributed by atoms with Crippen LogP contribution >= 0.6 is 0 Å². The van der Waals surface area contributed by atoms with Crippen molar-refractivity contribution in [3.63, 3.8) is 0 Å². The molecule has 0 aromatic heterocycles. The molecule has 67 heavy (non-hydrogen) atoms. The average Bonchev–Trinajstić information content (AvgIpc) is 3.32. The predicted molar refractivity (Wildman–Crippen MR) is 249 cm³/mol. The molecule has 1 saturated heterocycles. The van der Waals surface area contributed by atoms with E-state index in [1.807, 2.05) is 20.8 Å². The van der Waals surface area contributed by atoms with E-state index in [0.29, 0.717) is 18.1 Å². The first-order valence-corrected chi connectivity index (χ1v) is 25.0. The highest BCUT2D eigenvalue weighted by Gasteiger charge is 2.76. The Hall–Kier alpha value is -5.16. The SMILES string of the molecule is [2H]C([2H])([2H])C(NC(=O)N[C@@H](c1ccccc1)[C@@H](O[Si](CC)(CC)CC)C(=O)OC1=C(C)C2[C@@H](OC(C)=O)C(=O)[C@]3(C)C=C[C@H]4OC[C@@]4(OC(C)=O)C3[C@H](OC(=O)c3ccccc3)[C@](O)(C1)C2(C)C)(C([2H])([2H])[2H])C([2H])([2H])[2H]. The summed E-state index contributed by atoms with van der Waals surface area (Å²) in [5, 5.41) is 18.3. The molecule has 2 aromatic carbocycles. The molecule has 364 valence electrons. The van der Waals surface area contributed by atoms with Gasteiger partial charge in [0.2, 0.25) is 0 Å². The van der Waals surface area contributed by atoms with Gasteiger partial charge in [-0.3, -0.25) is 14.4 Å². The number of ketones is 1. The number of benzene rings is 2. The highest BCUT2D eigenvalue weighted by Crippen LogP contribution is 2.64. The highest BCUT2D eigenvalue weighted by molar-refractivity contribution is 6.73. The lowest BCUT2D eigenvalue weighted by molar-refractivity contribution is -0.311. The minimum Gasteiger partial charge on any atom is -0.455 e. The maximum absolute atomic E-state index is 15.7. The first-order valence-electron chi connectivity index (χ1n) is 27.0. The molecule has 3 aliphatic carbocycles. The summed E-state index contributed by atoms with van der Waals surface area (Å²) in [4.78, 5) is 86.6. The number of Topliss-reactive ketones (excluding diaryl/α,β-unsaturated/α-hetero) is 1. The van der Waals surface area contributed by atoms with Crippen molar-refractivity contribution in [2.45, 2.75) is 155 Å². The molecule has 2 fully saturated rings. The van der Waals surface area contributed by atoms with E-state index in [0.717, 1.165) is 13.8 Å². The Morgan fingerprint density at radius 1 is 0.925 bits per heavy atom. The molecule has 4 aliphatic rings. The lowest BCUT2D eigenvalue weighted by Gasteiger charge is -2.65. The van der Waals surface area contributed by atoms with Crippen LogP contribution in [0.25, 0.3) is 0 Å². The maximum Gasteiger partial charge on any atom is 0.341 e. The quantitative estimate of drug-likeness (QED) is 0.0731. The van der Waals surface area contributed by atoms with Crippen LogP contribution in [0.2, 0.25) is 18.1 Å². The molecule has 3 N–H and O–H groups in total. The van der Waals surface area contributed by atoms with Crippen LogP contribution in [0, 0.1) is 22.7 Å². The third-order valence-electron chi connectivity index (χ3n) is 14.5. The smallest absolute Gasteiger partial charge is 0.341 e. The van der Waals surface area contributed by atoms with Crippen LogP contribution in [0.4, 0.5) is 4.79 Å². The van der Waals surface area contributed by atoms with Crippen molar-refractivity contribution >= 4 is 44.0 Å². The number of nitrogens with one attached hydrogen (secondary N) is 2. The number of hydrogen-bond donors (Lipinski definition) is 3. The van der Waals surface area contributed by atoms with Crippen molar-refractivity contribution in [2.75, 3.05) is 6.61 Å². The van der Waals surface area contributed by atoms with Gasteiger partial charge in [0.15, 0.2) is 31.9 Å². The van der Waals surface area contributed by atoms with Crippen LogP contribution < -0.4 is 10.6 Å². The van der Waals surface area contributed by atoms with Gasteiger partial charge in [-0.25, -0.2) is 14.4 Å². The fourth-order valence-electron chi connectivity index (χ4n) is 10.7. The summed E-state index contributed by atoms with van der Waals surface area (Å²) in [6.07, 6.45) is -4.15. The number of amides is 2. The number of carbonyl (C=O) groups excluding carboxylic acids is 6. The van der Waals surface area contributed by atoms with Gasteiger partial charge >= 0.3 is 29.9 Å². The van der Waals surface area contributed by atoms with Crippen molar-refractivity contribution in [3.8, 4) is 0 Å². The van der Waals surface area contributed by atoms with E-state index in [4.69, 9.17) is 40.4 Å². The molecule has 2 bridgehead atoms. The number of urea groups is 1. The van der Waals surface area contributed by atoms with Crippen LogP contribution in [-0.2, 0) is 47.3 Å². The molecule has 2 amide bonds. The number of esters is 4. The fourth-order valence-corrected chi connectivity index (χ4v) is 13.5. The zero-order valence-corrected chi connectivity index (χ0v) is 40.4. The van der Waals surface area contributed by atoms with Gasteiger partial charge in [0.25, 0.3) is 0 Å². The number of rotatable bonds is 14. The van der Waals surface area contributed by atoms with Gasteiger partial charge in [0.1, 0.15) is 23.6 Å². The van der Waals surface area contributed by atoms with Gasteiger partial charge in [-0.15, -0.1) is 0 Å². The van der Waals surface area contributed by atoms with Crippen molar-refractivity contribution in [3.05, 3.63) is 95.3 Å². The Balaban J connectivity index is 1.59. The summed E-state index contributed by atoms with van der Waals surface area (Å²) in [7, 11) is -3.07. The van der Waals surface area contributed by atoms with Crippen molar-refractivity contribution < 1.29 is 74.3 Å². The topological polar surface area (TPSA) is 202 Å². The van der Waals surface area contributed by atoms with E-state index >= 15 is 9.59 Å². The van der Waals surface area contributed by atoms with Crippen molar-refractivity contribution in [1.82, 2.24) is 10.6 Å². The van der Waals surface area contributed by atoms with Crippen LogP contribution in [0.5, 0.6) is 0 Å². The van der Waals surface area contributed by atoms with Crippen LogP contribution in [0.1, 0.15) is 124 Å². The molecule has 2 unspecified atom stereocenters. The molecular weight excluding hydrogens is 877 g/mol. The standard InChI is InChI=1S/C51H68N2O13Si/c1-13-67(14-2,15-3)66-40(38(33-22-18-16-19-23-33)52-46(59)53-47(7,8)9)45(58)63-35-28-51(60)43(64-44(57)34-24-20-17-21-25-34)41-49(12,27-26-36-50(41,29-61-36)65-32(6)55)42(56)39(62-31(5)54)37(30(35)4)48(51,10)11/h16-27,36-41,43,60H,13-15,28-29H2,1-12H3,(H2,52,53,59)/t36-,37?,38+,39-,40-,41?,43+,49-,50+,51-/m1/s1/i7D3,8D3,9D3. The third kappa shape index (κ3) is 9.51. The lowest BCUT2D eigenvalue weighted by atomic mass is 9.45. The second-order valence-electron chi connectivity index (χ2n) is 18.8. The normalized spacial score (nSPS) is 32.1. The van der Waals surface area contributed by atoms with E-state index in [1.54, 1.807) is 55.6 Å². The first kappa shape index (κ1) is 39.8. The molecule has 16 heteroatoms. The van der Waals surface area contributed by atoms with Crippen molar-refractivity contribution in [1.29, 1.82) is 0 Å². The molecule has 0 radical (unpaired) electrons. The largest absolute Gasteiger partial charge is 0.455 e. The summed E-state index contributed by atoms with van der Waals surface area (Å²) in [5.41, 5.74) is -11.3. The molecule has 0 spiro atoms.